The second-order valence-electron chi connectivity index (χ2n) is 6.35. The van der Waals surface area contributed by atoms with Crippen LogP contribution in [0.4, 0.5) is 0 Å². The summed E-state index contributed by atoms with van der Waals surface area (Å²) in [6, 6.07) is 18.2. The molecule has 1 aromatic heterocycles. The lowest BCUT2D eigenvalue weighted by Crippen LogP contribution is -2.28. The Morgan fingerprint density at radius 3 is 2.62 bits per heavy atom. The summed E-state index contributed by atoms with van der Waals surface area (Å²) in [5, 5.41) is 0. The van der Waals surface area contributed by atoms with Crippen molar-refractivity contribution in [1.82, 2.24) is 14.5 Å². The van der Waals surface area contributed by atoms with E-state index in [4.69, 9.17) is 9.72 Å². The lowest BCUT2D eigenvalue weighted by atomic mass is 10.2. The Morgan fingerprint density at radius 2 is 1.85 bits per heavy atom. The van der Waals surface area contributed by atoms with Crippen molar-refractivity contribution in [1.29, 1.82) is 0 Å². The van der Waals surface area contributed by atoms with Gasteiger partial charge in [0.15, 0.2) is 0 Å². The highest BCUT2D eigenvalue weighted by molar-refractivity contribution is 5.79. The predicted molar refractivity (Wildman–Crippen MR) is 104 cm³/mol. The second-order valence-corrected chi connectivity index (χ2v) is 6.35. The van der Waals surface area contributed by atoms with E-state index in [1.807, 2.05) is 43.4 Å². The van der Waals surface area contributed by atoms with E-state index >= 15 is 0 Å². The molecule has 26 heavy (non-hydrogen) atoms. The molecule has 0 bridgehead atoms. The molecule has 0 saturated heterocycles. The molecule has 1 heterocycles. The number of para-hydroxylation sites is 3. The van der Waals surface area contributed by atoms with Crippen LogP contribution in [-0.4, -0.2) is 47.7 Å². The predicted octanol–water partition coefficient (Wildman–Crippen LogP) is 3.45. The lowest BCUT2D eigenvalue weighted by molar-refractivity contribution is -0.130. The number of nitrogens with zero attached hydrogens (tertiary/aromatic N) is 3. The molecule has 0 saturated carbocycles. The highest BCUT2D eigenvalue weighted by Crippen LogP contribution is 2.22. The quantitative estimate of drug-likeness (QED) is 0.584. The van der Waals surface area contributed by atoms with Crippen molar-refractivity contribution in [2.45, 2.75) is 19.3 Å². The molecule has 1 amide bonds. The number of benzene rings is 2. The molecule has 5 nitrogen and oxygen atoms in total. The monoisotopic (exact) mass is 351 g/mol. The average molecular weight is 351 g/mol. The number of imidazole rings is 1. The third-order valence-corrected chi connectivity index (χ3v) is 4.47. The standard InChI is InChI=1S/C21H25N3O2/c1-23(15-8-16-26-2)21(25)14-13-20-22-18-11-6-7-12-19(18)24(20)17-9-4-3-5-10-17/h3-7,9-12H,8,13-16H2,1-2H3. The minimum atomic E-state index is 0.132. The van der Waals surface area contributed by atoms with Crippen LogP contribution >= 0.6 is 0 Å². The van der Waals surface area contributed by atoms with Gasteiger partial charge in [-0.2, -0.15) is 0 Å². The Labute approximate surface area is 154 Å². The van der Waals surface area contributed by atoms with E-state index in [0.29, 0.717) is 26.0 Å². The van der Waals surface area contributed by atoms with Crippen LogP contribution in [0.2, 0.25) is 0 Å². The van der Waals surface area contributed by atoms with Gasteiger partial charge in [0, 0.05) is 45.8 Å². The fourth-order valence-electron chi connectivity index (χ4n) is 3.09. The molecule has 0 fully saturated rings. The van der Waals surface area contributed by atoms with Crippen molar-refractivity contribution >= 4 is 16.9 Å². The van der Waals surface area contributed by atoms with Crippen LogP contribution in [0, 0.1) is 0 Å². The van der Waals surface area contributed by atoms with Crippen molar-refractivity contribution < 1.29 is 9.53 Å². The number of aromatic nitrogens is 2. The largest absolute Gasteiger partial charge is 0.385 e. The van der Waals surface area contributed by atoms with E-state index in [2.05, 4.69) is 22.8 Å². The normalized spacial score (nSPS) is 11.0. The third kappa shape index (κ3) is 4.11. The number of carbonyl (C=O) groups is 1. The summed E-state index contributed by atoms with van der Waals surface area (Å²) in [6.45, 7) is 1.38. The molecule has 0 unspecified atom stereocenters. The fraction of sp³-hybridized carbons (Fsp3) is 0.333. The first kappa shape index (κ1) is 18.1. The van der Waals surface area contributed by atoms with Gasteiger partial charge in [-0.1, -0.05) is 30.3 Å². The number of carbonyl (C=O) groups excluding carboxylic acids is 1. The SMILES string of the molecule is COCCCN(C)C(=O)CCc1nc2ccccc2n1-c1ccccc1. The molecular formula is C21H25N3O2. The van der Waals surface area contributed by atoms with E-state index in [-0.39, 0.29) is 5.91 Å². The van der Waals surface area contributed by atoms with Crippen LogP contribution < -0.4 is 0 Å². The van der Waals surface area contributed by atoms with Gasteiger partial charge in [0.25, 0.3) is 0 Å². The number of hydrogen-bond donors (Lipinski definition) is 0. The zero-order valence-corrected chi connectivity index (χ0v) is 15.4. The van der Waals surface area contributed by atoms with E-state index in [1.54, 1.807) is 12.0 Å². The van der Waals surface area contributed by atoms with E-state index in [9.17, 15) is 4.79 Å². The Hall–Kier alpha value is -2.66. The molecule has 136 valence electrons. The molecule has 2 aromatic carbocycles. The van der Waals surface area contributed by atoms with Crippen molar-refractivity contribution in [3.05, 3.63) is 60.4 Å². The minimum absolute atomic E-state index is 0.132. The summed E-state index contributed by atoms with van der Waals surface area (Å²) in [5.41, 5.74) is 3.08. The van der Waals surface area contributed by atoms with Crippen LogP contribution in [0.5, 0.6) is 0 Å². The van der Waals surface area contributed by atoms with E-state index < -0.39 is 0 Å². The Bertz CT molecular complexity index is 858. The maximum atomic E-state index is 12.4. The first-order chi connectivity index (χ1) is 12.7. The number of amides is 1. The smallest absolute Gasteiger partial charge is 0.222 e. The summed E-state index contributed by atoms with van der Waals surface area (Å²) in [7, 11) is 3.52. The van der Waals surface area contributed by atoms with Gasteiger partial charge in [-0.3, -0.25) is 9.36 Å². The first-order valence-corrected chi connectivity index (χ1v) is 8.95. The highest BCUT2D eigenvalue weighted by Gasteiger charge is 2.15. The summed E-state index contributed by atoms with van der Waals surface area (Å²) >= 11 is 0. The number of ether oxygens (including phenoxy) is 1. The van der Waals surface area contributed by atoms with Crippen LogP contribution in [0.1, 0.15) is 18.7 Å². The van der Waals surface area contributed by atoms with Gasteiger partial charge >= 0.3 is 0 Å². The summed E-state index contributed by atoms with van der Waals surface area (Å²) in [4.78, 5) is 19.0. The van der Waals surface area contributed by atoms with Gasteiger partial charge in [-0.15, -0.1) is 0 Å². The summed E-state index contributed by atoms with van der Waals surface area (Å²) in [6.07, 6.45) is 1.90. The van der Waals surface area contributed by atoms with Crippen molar-refractivity contribution in [2.24, 2.45) is 0 Å². The minimum Gasteiger partial charge on any atom is -0.385 e. The zero-order chi connectivity index (χ0) is 18.4. The second kappa shape index (κ2) is 8.63. The Morgan fingerprint density at radius 1 is 1.12 bits per heavy atom. The van der Waals surface area contributed by atoms with Crippen LogP contribution in [0.15, 0.2) is 54.6 Å². The molecule has 0 aliphatic carbocycles. The number of rotatable bonds is 8. The van der Waals surface area contributed by atoms with Crippen LogP contribution in [-0.2, 0) is 16.0 Å². The Kier molecular flexibility index (Phi) is 6.02. The van der Waals surface area contributed by atoms with Gasteiger partial charge in [-0.25, -0.2) is 4.98 Å². The molecule has 0 radical (unpaired) electrons. The molecular weight excluding hydrogens is 326 g/mol. The molecule has 0 spiro atoms. The molecule has 0 atom stereocenters. The fourth-order valence-corrected chi connectivity index (χ4v) is 3.09. The van der Waals surface area contributed by atoms with Gasteiger partial charge in [0.2, 0.25) is 5.91 Å². The molecule has 0 aliphatic heterocycles. The lowest BCUT2D eigenvalue weighted by Gasteiger charge is -2.17. The van der Waals surface area contributed by atoms with Crippen LogP contribution in [0.25, 0.3) is 16.7 Å². The molecule has 3 aromatic rings. The molecule has 3 rings (SSSR count). The van der Waals surface area contributed by atoms with E-state index in [1.165, 1.54) is 0 Å². The van der Waals surface area contributed by atoms with Crippen LogP contribution in [0.3, 0.4) is 0 Å². The third-order valence-electron chi connectivity index (χ3n) is 4.47. The summed E-state index contributed by atoms with van der Waals surface area (Å²) < 4.78 is 7.19. The maximum absolute atomic E-state index is 12.4. The van der Waals surface area contributed by atoms with Gasteiger partial charge < -0.3 is 9.64 Å². The van der Waals surface area contributed by atoms with Crippen molar-refractivity contribution in [3.63, 3.8) is 0 Å². The van der Waals surface area contributed by atoms with Crippen molar-refractivity contribution in [2.75, 3.05) is 27.3 Å². The number of aryl methyl sites for hydroxylation is 1. The zero-order valence-electron chi connectivity index (χ0n) is 15.4. The number of fused-ring (bicyclic) bond motifs is 1. The first-order valence-electron chi connectivity index (χ1n) is 8.95. The number of methoxy groups -OCH3 is 1. The molecule has 0 N–H and O–H groups in total. The van der Waals surface area contributed by atoms with Gasteiger partial charge in [0.05, 0.1) is 11.0 Å². The number of hydrogen-bond acceptors (Lipinski definition) is 3. The summed E-state index contributed by atoms with van der Waals surface area (Å²) in [5.74, 6) is 1.05. The molecule has 0 aliphatic rings. The van der Waals surface area contributed by atoms with Crippen molar-refractivity contribution in [3.8, 4) is 5.69 Å². The topological polar surface area (TPSA) is 47.4 Å². The van der Waals surface area contributed by atoms with Gasteiger partial charge in [0.1, 0.15) is 5.82 Å². The van der Waals surface area contributed by atoms with E-state index in [0.717, 1.165) is 29.0 Å². The maximum Gasteiger partial charge on any atom is 0.222 e. The van der Waals surface area contributed by atoms with Gasteiger partial charge in [-0.05, 0) is 30.7 Å². The average Bonchev–Trinajstić information content (AvgIpc) is 3.05. The Balaban J connectivity index is 1.79. The highest BCUT2D eigenvalue weighted by atomic mass is 16.5. The molecule has 5 heteroatoms.